The second-order valence-electron chi connectivity index (χ2n) is 13.9. The van der Waals surface area contributed by atoms with Crippen LogP contribution in [0.3, 0.4) is 0 Å². The minimum Gasteiger partial charge on any atom is -0.377 e. The van der Waals surface area contributed by atoms with Crippen molar-refractivity contribution in [3.8, 4) is 0 Å². The summed E-state index contributed by atoms with van der Waals surface area (Å²) >= 11 is 0. The van der Waals surface area contributed by atoms with E-state index in [1.807, 2.05) is 69.2 Å². The van der Waals surface area contributed by atoms with E-state index in [9.17, 15) is 8.78 Å². The fourth-order valence-electron chi connectivity index (χ4n) is 4.61. The summed E-state index contributed by atoms with van der Waals surface area (Å²) in [5, 5.41) is 0. The van der Waals surface area contributed by atoms with Gasteiger partial charge in [-0.2, -0.15) is 0 Å². The number of allylic oxidation sites excluding steroid dienone is 3. The Morgan fingerprint density at radius 3 is 1.60 bits per heavy atom. The third kappa shape index (κ3) is 21.5. The molecule has 0 spiro atoms. The van der Waals surface area contributed by atoms with Gasteiger partial charge in [0, 0.05) is 42.8 Å². The van der Waals surface area contributed by atoms with Crippen LogP contribution in [0.4, 0.5) is 14.5 Å². The van der Waals surface area contributed by atoms with E-state index in [0.717, 1.165) is 53.4 Å². The van der Waals surface area contributed by atoms with Crippen LogP contribution in [0.5, 0.6) is 0 Å². The maximum absolute atomic E-state index is 12.7. The van der Waals surface area contributed by atoms with Gasteiger partial charge in [0.2, 0.25) is 0 Å². The number of hydrogen-bond donors (Lipinski definition) is 0. The molecule has 0 radical (unpaired) electrons. The molecule has 0 fully saturated rings. The summed E-state index contributed by atoms with van der Waals surface area (Å²) in [5.74, 6) is -0.772. The van der Waals surface area contributed by atoms with E-state index in [4.69, 9.17) is 0 Å². The first-order valence-electron chi connectivity index (χ1n) is 18.3. The molecule has 1 unspecified atom stereocenters. The van der Waals surface area contributed by atoms with Crippen molar-refractivity contribution in [1.82, 2.24) is 4.98 Å². The molecular weight excluding hydrogens is 619 g/mol. The molecule has 282 valence electrons. The van der Waals surface area contributed by atoms with E-state index in [2.05, 4.69) is 110 Å². The Hall–Kier alpha value is -3.53. The molecule has 0 amide bonds. The van der Waals surface area contributed by atoms with Crippen molar-refractivity contribution >= 4 is 16.8 Å². The lowest BCUT2D eigenvalue weighted by molar-refractivity contribution is 0.406. The minimum absolute atomic E-state index is 0.218. The molecule has 0 aliphatic heterocycles. The normalized spacial score (nSPS) is 10.4. The molecule has 0 aliphatic rings. The predicted octanol–water partition coefficient (Wildman–Crippen LogP) is 15.1. The van der Waals surface area contributed by atoms with Crippen molar-refractivity contribution in [1.29, 1.82) is 0 Å². The van der Waals surface area contributed by atoms with Crippen molar-refractivity contribution in [2.75, 3.05) is 19.0 Å². The summed E-state index contributed by atoms with van der Waals surface area (Å²) in [6.45, 7) is 45.0. The van der Waals surface area contributed by atoms with Gasteiger partial charge in [-0.25, -0.2) is 8.78 Å². The van der Waals surface area contributed by atoms with Gasteiger partial charge >= 0.3 is 0 Å². The van der Waals surface area contributed by atoms with Crippen molar-refractivity contribution in [3.05, 3.63) is 119 Å². The van der Waals surface area contributed by atoms with Crippen LogP contribution < -0.4 is 4.90 Å². The SMILES string of the molecule is C=C(C)c1cc(C)c(C)nc1C.C=C(C)c1cc(C)ccc1N(C)C.C=C(CC)CC(C)(C)C.CC.CC.CCC(C)c1cc(F)cc(F)c1. The first-order chi connectivity index (χ1) is 23.1. The van der Waals surface area contributed by atoms with Gasteiger partial charge in [0.1, 0.15) is 11.6 Å². The Labute approximate surface area is 308 Å². The molecule has 1 aromatic heterocycles. The zero-order valence-corrected chi connectivity index (χ0v) is 35.5. The fourth-order valence-corrected chi connectivity index (χ4v) is 4.61. The van der Waals surface area contributed by atoms with Crippen molar-refractivity contribution in [2.24, 2.45) is 5.41 Å². The van der Waals surface area contributed by atoms with Crippen LogP contribution in [0, 0.1) is 44.7 Å². The van der Waals surface area contributed by atoms with Gasteiger partial charge < -0.3 is 4.90 Å². The average molecular weight is 693 g/mol. The summed E-state index contributed by atoms with van der Waals surface area (Å²) in [6.07, 6.45) is 3.17. The molecule has 1 heterocycles. The van der Waals surface area contributed by atoms with E-state index in [1.165, 1.54) is 45.6 Å². The zero-order valence-electron chi connectivity index (χ0n) is 35.5. The van der Waals surface area contributed by atoms with E-state index >= 15 is 0 Å². The average Bonchev–Trinajstić information content (AvgIpc) is 3.03. The number of rotatable bonds is 7. The van der Waals surface area contributed by atoms with Crippen LogP contribution in [0.1, 0.15) is 147 Å². The number of halogens is 2. The number of hydrogen-bond acceptors (Lipinski definition) is 2. The van der Waals surface area contributed by atoms with Crippen LogP contribution in [0.15, 0.2) is 67.8 Å². The molecule has 2 aromatic carbocycles. The number of anilines is 1. The van der Waals surface area contributed by atoms with Crippen molar-refractivity contribution in [3.63, 3.8) is 0 Å². The third-order valence-electron chi connectivity index (χ3n) is 7.56. The van der Waals surface area contributed by atoms with Crippen molar-refractivity contribution < 1.29 is 8.78 Å². The van der Waals surface area contributed by atoms with E-state index in [0.29, 0.717) is 5.41 Å². The van der Waals surface area contributed by atoms with E-state index < -0.39 is 11.6 Å². The highest BCUT2D eigenvalue weighted by molar-refractivity contribution is 5.74. The Balaban J connectivity index is -0.000000573. The lowest BCUT2D eigenvalue weighted by atomic mass is 9.88. The molecule has 0 saturated heterocycles. The van der Waals surface area contributed by atoms with Crippen LogP contribution in [0.2, 0.25) is 0 Å². The summed E-state index contributed by atoms with van der Waals surface area (Å²) in [6, 6.07) is 12.3. The van der Waals surface area contributed by atoms with Gasteiger partial charge in [-0.05, 0) is 130 Å². The lowest BCUT2D eigenvalue weighted by Crippen LogP contribution is -2.10. The van der Waals surface area contributed by atoms with Gasteiger partial charge in [0.05, 0.1) is 0 Å². The van der Waals surface area contributed by atoms with Crippen LogP contribution in [0.25, 0.3) is 11.1 Å². The number of nitrogens with zero attached hydrogens (tertiary/aromatic N) is 2. The number of aryl methyl sites for hydroxylation is 4. The summed E-state index contributed by atoms with van der Waals surface area (Å²) < 4.78 is 25.4. The fraction of sp³-hybridized carbons (Fsp3) is 0.500. The Morgan fingerprint density at radius 1 is 0.760 bits per heavy atom. The van der Waals surface area contributed by atoms with E-state index in [-0.39, 0.29) is 5.92 Å². The second-order valence-corrected chi connectivity index (χ2v) is 13.9. The third-order valence-corrected chi connectivity index (χ3v) is 7.56. The maximum atomic E-state index is 12.7. The van der Waals surface area contributed by atoms with Crippen molar-refractivity contribution in [2.45, 2.75) is 136 Å². The molecule has 3 rings (SSSR count). The van der Waals surface area contributed by atoms with Gasteiger partial charge in [-0.3, -0.25) is 4.98 Å². The monoisotopic (exact) mass is 693 g/mol. The number of pyridine rings is 1. The summed E-state index contributed by atoms with van der Waals surface area (Å²) in [7, 11) is 4.11. The number of benzene rings is 2. The van der Waals surface area contributed by atoms with Gasteiger partial charge in [-0.15, -0.1) is 0 Å². The predicted molar refractivity (Wildman–Crippen MR) is 225 cm³/mol. The standard InChI is InChI=1S/C12H17N.C11H15N.C10H12F2.C9H18.2C2H6/c1-9(2)11-8-10(3)6-7-12(11)13(4)5;1-7(2)11-6-8(3)9(4)12-10(11)5;1-3-7(2)8-4-9(11)6-10(12)5-8;1-6-8(2)7-9(3,4)5;2*1-2/h6-8H,1H2,2-5H3;6H,1H2,2-5H3;4-7H,3H2,1-2H3;2,6-7H2,1,3-5H3;2*1-2H3. The van der Waals surface area contributed by atoms with Gasteiger partial charge in [0.25, 0.3) is 0 Å². The topological polar surface area (TPSA) is 16.1 Å². The molecule has 3 aromatic rings. The lowest BCUT2D eigenvalue weighted by Gasteiger charge is -2.18. The largest absolute Gasteiger partial charge is 0.377 e. The highest BCUT2D eigenvalue weighted by Gasteiger charge is 2.10. The molecule has 0 bridgehead atoms. The molecule has 0 N–H and O–H groups in total. The second kappa shape index (κ2) is 26.3. The Bertz CT molecular complexity index is 1420. The molecule has 2 nitrogen and oxygen atoms in total. The number of aromatic nitrogens is 1. The first kappa shape index (κ1) is 50.8. The summed E-state index contributed by atoms with van der Waals surface area (Å²) in [5.41, 5.74) is 13.1. The van der Waals surface area contributed by atoms with Crippen LogP contribution >= 0.6 is 0 Å². The molecule has 0 saturated carbocycles. The van der Waals surface area contributed by atoms with Gasteiger partial charge in [-0.1, -0.05) is 106 Å². The molecular formula is C46H74F2N2. The maximum Gasteiger partial charge on any atom is 0.126 e. The van der Waals surface area contributed by atoms with Crippen LogP contribution in [-0.4, -0.2) is 19.1 Å². The Morgan fingerprint density at radius 2 is 1.24 bits per heavy atom. The minimum atomic E-state index is -0.495. The molecule has 50 heavy (non-hydrogen) atoms. The smallest absolute Gasteiger partial charge is 0.126 e. The molecule has 1 atom stereocenters. The Kier molecular flexibility index (Phi) is 26.7. The quantitative estimate of drug-likeness (QED) is 0.229. The summed E-state index contributed by atoms with van der Waals surface area (Å²) in [4.78, 5) is 6.55. The molecule has 4 heteroatoms. The van der Waals surface area contributed by atoms with Crippen LogP contribution in [-0.2, 0) is 0 Å². The van der Waals surface area contributed by atoms with Gasteiger partial charge in [0.15, 0.2) is 0 Å². The highest BCUT2D eigenvalue weighted by Crippen LogP contribution is 2.26. The highest BCUT2D eigenvalue weighted by atomic mass is 19.1. The zero-order chi connectivity index (χ0) is 39.9. The first-order valence-corrected chi connectivity index (χ1v) is 18.3. The molecule has 0 aliphatic carbocycles. The van der Waals surface area contributed by atoms with E-state index in [1.54, 1.807) is 0 Å².